The van der Waals surface area contributed by atoms with E-state index < -0.39 is 9.84 Å². The molecular formula is C20H22N4O2S. The summed E-state index contributed by atoms with van der Waals surface area (Å²) in [4.78, 5) is 10.7. The number of sulfone groups is 1. The molecule has 1 aliphatic heterocycles. The lowest BCUT2D eigenvalue weighted by atomic mass is 10.1. The van der Waals surface area contributed by atoms with Gasteiger partial charge < -0.3 is 4.57 Å². The number of rotatable bonds is 5. The Kier molecular flexibility index (Phi) is 4.57. The Morgan fingerprint density at radius 3 is 2.89 bits per heavy atom. The van der Waals surface area contributed by atoms with Crippen LogP contribution in [0.5, 0.6) is 0 Å². The number of fused-ring (bicyclic) bond motifs is 2. The highest BCUT2D eigenvalue weighted by Gasteiger charge is 2.22. The molecule has 0 unspecified atom stereocenters. The van der Waals surface area contributed by atoms with Crippen molar-refractivity contribution in [3.05, 3.63) is 66.1 Å². The van der Waals surface area contributed by atoms with Crippen LogP contribution < -0.4 is 0 Å². The second-order valence-corrected chi connectivity index (χ2v) is 8.88. The maximum absolute atomic E-state index is 11.7. The zero-order valence-electron chi connectivity index (χ0n) is 15.3. The highest BCUT2D eigenvalue weighted by molar-refractivity contribution is 7.90. The third-order valence-corrected chi connectivity index (χ3v) is 5.77. The normalized spacial score (nSPS) is 15.0. The molecule has 0 saturated carbocycles. The summed E-state index contributed by atoms with van der Waals surface area (Å²) in [7, 11) is -3.37. The van der Waals surface area contributed by atoms with Gasteiger partial charge in [0.1, 0.15) is 0 Å². The van der Waals surface area contributed by atoms with Crippen molar-refractivity contribution in [1.82, 2.24) is 19.4 Å². The van der Waals surface area contributed by atoms with Gasteiger partial charge >= 0.3 is 0 Å². The largest absolute Gasteiger partial charge is 0.343 e. The summed E-state index contributed by atoms with van der Waals surface area (Å²) in [5.41, 5.74) is 4.34. The lowest BCUT2D eigenvalue weighted by Gasteiger charge is -2.27. The maximum Gasteiger partial charge on any atom is 0.246 e. The van der Waals surface area contributed by atoms with E-state index in [1.165, 1.54) is 16.5 Å². The minimum atomic E-state index is -3.37. The van der Waals surface area contributed by atoms with Gasteiger partial charge in [-0.3, -0.25) is 4.90 Å². The number of hydrogen-bond acceptors (Lipinski definition) is 5. The third-order valence-electron chi connectivity index (χ3n) is 4.91. The minimum Gasteiger partial charge on any atom is -0.343 e. The molecule has 0 spiro atoms. The molecule has 0 aliphatic carbocycles. The van der Waals surface area contributed by atoms with Gasteiger partial charge in [-0.1, -0.05) is 24.3 Å². The molecule has 2 aromatic heterocycles. The summed E-state index contributed by atoms with van der Waals surface area (Å²) in [5, 5.41) is 1.18. The van der Waals surface area contributed by atoms with Gasteiger partial charge in [0.2, 0.25) is 15.0 Å². The molecule has 0 N–H and O–H groups in total. The summed E-state index contributed by atoms with van der Waals surface area (Å²) < 4.78 is 25.5. The van der Waals surface area contributed by atoms with Crippen molar-refractivity contribution >= 4 is 20.7 Å². The van der Waals surface area contributed by atoms with Crippen LogP contribution in [0.2, 0.25) is 0 Å². The monoisotopic (exact) mass is 382 g/mol. The van der Waals surface area contributed by atoms with E-state index in [0.29, 0.717) is 0 Å². The quantitative estimate of drug-likeness (QED) is 0.501. The summed E-state index contributed by atoms with van der Waals surface area (Å²) in [6.07, 6.45) is 7.63. The summed E-state index contributed by atoms with van der Waals surface area (Å²) in [5.74, 6) is 0. The number of hydrogen-bond donors (Lipinski definition) is 0. The van der Waals surface area contributed by atoms with Gasteiger partial charge in [0.25, 0.3) is 0 Å². The first kappa shape index (κ1) is 17.9. The lowest BCUT2D eigenvalue weighted by Crippen LogP contribution is -2.31. The van der Waals surface area contributed by atoms with Crippen molar-refractivity contribution in [3.63, 3.8) is 0 Å². The number of allylic oxidation sites excluding steroid dienone is 1. The third kappa shape index (κ3) is 3.52. The molecule has 140 valence electrons. The highest BCUT2D eigenvalue weighted by Crippen LogP contribution is 2.25. The van der Waals surface area contributed by atoms with Gasteiger partial charge in [-0.15, -0.1) is 6.58 Å². The van der Waals surface area contributed by atoms with Crippen LogP contribution in [0.4, 0.5) is 0 Å². The van der Waals surface area contributed by atoms with Crippen molar-refractivity contribution in [2.75, 3.05) is 12.8 Å². The second-order valence-electron chi connectivity index (χ2n) is 6.97. The summed E-state index contributed by atoms with van der Waals surface area (Å²) >= 11 is 0. The Morgan fingerprint density at radius 1 is 1.30 bits per heavy atom. The Morgan fingerprint density at radius 2 is 2.11 bits per heavy atom. The van der Waals surface area contributed by atoms with Crippen molar-refractivity contribution in [2.45, 2.75) is 31.2 Å². The smallest absolute Gasteiger partial charge is 0.246 e. The van der Waals surface area contributed by atoms with Gasteiger partial charge in [-0.05, 0) is 11.6 Å². The van der Waals surface area contributed by atoms with Gasteiger partial charge in [0.15, 0.2) is 0 Å². The topological polar surface area (TPSA) is 68.1 Å². The average molecular weight is 382 g/mol. The molecular weight excluding hydrogens is 360 g/mol. The Hall–Kier alpha value is -2.51. The van der Waals surface area contributed by atoms with Crippen molar-refractivity contribution in [1.29, 1.82) is 0 Å². The molecule has 6 nitrogen and oxygen atoms in total. The fraction of sp³-hybridized carbons (Fsp3) is 0.300. The first-order chi connectivity index (χ1) is 13.0. The van der Waals surface area contributed by atoms with Crippen LogP contribution in [0.3, 0.4) is 0 Å². The highest BCUT2D eigenvalue weighted by atomic mass is 32.2. The van der Waals surface area contributed by atoms with Crippen LogP contribution >= 0.6 is 0 Å². The molecule has 27 heavy (non-hydrogen) atoms. The van der Waals surface area contributed by atoms with E-state index in [4.69, 9.17) is 0 Å². The Labute approximate surface area is 159 Å². The number of benzene rings is 1. The zero-order valence-corrected chi connectivity index (χ0v) is 16.1. The predicted octanol–water partition coefficient (Wildman–Crippen LogP) is 2.58. The van der Waals surface area contributed by atoms with Gasteiger partial charge in [0, 0.05) is 67.7 Å². The van der Waals surface area contributed by atoms with Crippen LogP contribution in [-0.2, 0) is 35.9 Å². The number of aromatic nitrogens is 3. The van der Waals surface area contributed by atoms with Crippen molar-refractivity contribution in [2.24, 2.45) is 0 Å². The Bertz CT molecular complexity index is 1120. The number of para-hydroxylation sites is 1. The van der Waals surface area contributed by atoms with Gasteiger partial charge in [-0.25, -0.2) is 18.4 Å². The molecule has 7 heteroatoms. The summed E-state index contributed by atoms with van der Waals surface area (Å²) in [6.45, 7) is 7.03. The van der Waals surface area contributed by atoms with Crippen molar-refractivity contribution < 1.29 is 8.42 Å². The fourth-order valence-electron chi connectivity index (χ4n) is 3.65. The van der Waals surface area contributed by atoms with E-state index in [9.17, 15) is 8.42 Å². The van der Waals surface area contributed by atoms with Gasteiger partial charge in [0.05, 0.1) is 5.69 Å². The van der Waals surface area contributed by atoms with E-state index in [0.717, 1.165) is 50.1 Å². The SMILES string of the molecule is C=CCn1cc(CN2CCc3nc(S(C)(=O)=O)ncc3C2)c2ccccc21. The molecule has 1 aliphatic rings. The van der Waals surface area contributed by atoms with E-state index in [1.807, 2.05) is 6.08 Å². The minimum absolute atomic E-state index is 0.0813. The van der Waals surface area contributed by atoms with Crippen LogP contribution in [0.1, 0.15) is 16.8 Å². The zero-order chi connectivity index (χ0) is 19.0. The fourth-order valence-corrected chi connectivity index (χ4v) is 4.17. The van der Waals surface area contributed by atoms with E-state index in [1.54, 1.807) is 6.20 Å². The molecule has 3 heterocycles. The standard InChI is InChI=1S/C20H22N4O2S/c1-3-9-24-14-16(17-6-4-5-7-19(17)24)13-23-10-8-18-15(12-23)11-21-20(22-18)27(2,25)26/h3-7,11,14H,1,8-10,12-13H2,2H3. The molecule has 0 saturated heterocycles. The van der Waals surface area contributed by atoms with Crippen LogP contribution in [0.15, 0.2) is 54.5 Å². The van der Waals surface area contributed by atoms with Crippen LogP contribution in [-0.4, -0.2) is 40.7 Å². The maximum atomic E-state index is 11.7. The number of nitrogens with zero attached hydrogens (tertiary/aromatic N) is 4. The summed E-state index contributed by atoms with van der Waals surface area (Å²) in [6, 6.07) is 8.41. The van der Waals surface area contributed by atoms with E-state index in [-0.39, 0.29) is 5.16 Å². The van der Waals surface area contributed by atoms with Crippen LogP contribution in [0.25, 0.3) is 10.9 Å². The Balaban J connectivity index is 1.59. The molecule has 0 radical (unpaired) electrons. The second kappa shape index (κ2) is 6.90. The van der Waals surface area contributed by atoms with E-state index >= 15 is 0 Å². The predicted molar refractivity (Wildman–Crippen MR) is 105 cm³/mol. The van der Waals surface area contributed by atoms with Gasteiger partial charge in [-0.2, -0.15) is 0 Å². The molecule has 4 rings (SSSR count). The molecule has 0 bridgehead atoms. The molecule has 1 aromatic carbocycles. The lowest BCUT2D eigenvalue weighted by molar-refractivity contribution is 0.242. The average Bonchev–Trinajstić information content (AvgIpc) is 2.99. The first-order valence-electron chi connectivity index (χ1n) is 8.90. The molecule has 0 atom stereocenters. The van der Waals surface area contributed by atoms with Crippen LogP contribution in [0, 0.1) is 0 Å². The molecule has 0 amide bonds. The van der Waals surface area contributed by atoms with Crippen molar-refractivity contribution in [3.8, 4) is 0 Å². The van der Waals surface area contributed by atoms with E-state index in [2.05, 4.69) is 56.5 Å². The molecule has 0 fully saturated rings. The first-order valence-corrected chi connectivity index (χ1v) is 10.8. The molecule has 3 aromatic rings.